The van der Waals surface area contributed by atoms with Gasteiger partial charge in [0.15, 0.2) is 5.96 Å². The first-order valence-electron chi connectivity index (χ1n) is 7.93. The summed E-state index contributed by atoms with van der Waals surface area (Å²) in [5.41, 5.74) is 0.486. The van der Waals surface area contributed by atoms with Crippen molar-refractivity contribution in [3.05, 3.63) is 52.1 Å². The summed E-state index contributed by atoms with van der Waals surface area (Å²) in [6.07, 6.45) is 0. The molecule has 0 spiro atoms. The smallest absolute Gasteiger partial charge is 0.250 e. The molecule has 0 fully saturated rings. The third-order valence-corrected chi connectivity index (χ3v) is 6.42. The number of nitrogens with zero attached hydrogens (tertiary/aromatic N) is 1. The van der Waals surface area contributed by atoms with Gasteiger partial charge < -0.3 is 10.6 Å². The Balaban J connectivity index is 1.86. The van der Waals surface area contributed by atoms with E-state index >= 15 is 0 Å². The van der Waals surface area contributed by atoms with E-state index in [4.69, 9.17) is 11.6 Å². The van der Waals surface area contributed by atoms with E-state index in [1.54, 1.807) is 18.2 Å². The first-order chi connectivity index (χ1) is 12.4. The van der Waals surface area contributed by atoms with Gasteiger partial charge in [0.2, 0.25) is 10.0 Å². The Hall–Kier alpha value is -1.68. The summed E-state index contributed by atoms with van der Waals surface area (Å²) in [6.45, 7) is 3.21. The van der Waals surface area contributed by atoms with Crippen LogP contribution in [0.3, 0.4) is 0 Å². The van der Waals surface area contributed by atoms with Crippen LogP contribution in [0, 0.1) is 5.82 Å². The van der Waals surface area contributed by atoms with E-state index in [9.17, 15) is 12.8 Å². The predicted octanol–water partition coefficient (Wildman–Crippen LogP) is 2.57. The molecule has 10 heteroatoms. The van der Waals surface area contributed by atoms with Gasteiger partial charge in [-0.25, -0.2) is 22.5 Å². The van der Waals surface area contributed by atoms with Gasteiger partial charge in [0, 0.05) is 25.2 Å². The summed E-state index contributed by atoms with van der Waals surface area (Å²) in [6, 6.07) is 9.43. The van der Waals surface area contributed by atoms with Gasteiger partial charge in [-0.3, -0.25) is 0 Å². The van der Waals surface area contributed by atoms with E-state index in [1.807, 2.05) is 6.92 Å². The van der Waals surface area contributed by atoms with Gasteiger partial charge in [0.05, 0.1) is 10.9 Å². The van der Waals surface area contributed by atoms with Gasteiger partial charge in [-0.05, 0) is 25.1 Å². The van der Waals surface area contributed by atoms with Crippen molar-refractivity contribution in [2.75, 3.05) is 19.6 Å². The topological polar surface area (TPSA) is 82.6 Å². The first-order valence-corrected chi connectivity index (χ1v) is 10.6. The minimum absolute atomic E-state index is 0.169. The number of guanidine groups is 1. The Morgan fingerprint density at radius 3 is 2.62 bits per heavy atom. The number of halogens is 2. The van der Waals surface area contributed by atoms with Crippen LogP contribution in [-0.2, 0) is 16.6 Å². The van der Waals surface area contributed by atoms with Crippen molar-refractivity contribution in [1.29, 1.82) is 0 Å². The van der Waals surface area contributed by atoms with E-state index in [-0.39, 0.29) is 23.1 Å². The fourth-order valence-electron chi connectivity index (χ4n) is 2.01. The first kappa shape index (κ1) is 20.6. The summed E-state index contributed by atoms with van der Waals surface area (Å²) in [7, 11) is -3.58. The molecule has 2 aromatic rings. The molecule has 0 radical (unpaired) electrons. The van der Waals surface area contributed by atoms with Crippen LogP contribution in [0.25, 0.3) is 0 Å². The number of hydrogen-bond donors (Lipinski definition) is 3. The highest BCUT2D eigenvalue weighted by atomic mass is 35.5. The summed E-state index contributed by atoms with van der Waals surface area (Å²) < 4.78 is 40.9. The van der Waals surface area contributed by atoms with Gasteiger partial charge in [0.25, 0.3) is 0 Å². The molecule has 1 heterocycles. The van der Waals surface area contributed by atoms with E-state index < -0.39 is 10.0 Å². The fourth-order valence-corrected chi connectivity index (χ4v) is 4.57. The second-order valence-electron chi connectivity index (χ2n) is 5.17. The number of nitrogens with one attached hydrogen (secondary N) is 3. The molecule has 1 aromatic carbocycles. The van der Waals surface area contributed by atoms with Crippen molar-refractivity contribution in [2.45, 2.75) is 17.7 Å². The van der Waals surface area contributed by atoms with Crippen LogP contribution in [-0.4, -0.2) is 34.0 Å². The van der Waals surface area contributed by atoms with Gasteiger partial charge in [-0.15, -0.1) is 11.3 Å². The molecular weight excluding hydrogens is 399 g/mol. The van der Waals surface area contributed by atoms with E-state index in [1.165, 1.54) is 18.2 Å². The lowest BCUT2D eigenvalue weighted by Crippen LogP contribution is -2.41. The van der Waals surface area contributed by atoms with Crippen LogP contribution in [0.1, 0.15) is 12.5 Å². The quantitative estimate of drug-likeness (QED) is 0.349. The molecule has 26 heavy (non-hydrogen) atoms. The minimum atomic E-state index is -3.58. The molecule has 0 unspecified atom stereocenters. The molecule has 3 N–H and O–H groups in total. The highest BCUT2D eigenvalue weighted by Gasteiger charge is 2.15. The summed E-state index contributed by atoms with van der Waals surface area (Å²) in [5, 5.41) is 6.04. The Labute approximate surface area is 161 Å². The molecular formula is C16H20ClFN4O2S2. The van der Waals surface area contributed by atoms with Crippen molar-refractivity contribution in [2.24, 2.45) is 4.99 Å². The maximum absolute atomic E-state index is 13.6. The van der Waals surface area contributed by atoms with Crippen LogP contribution >= 0.6 is 22.9 Å². The minimum Gasteiger partial charge on any atom is -0.357 e. The number of benzene rings is 1. The molecule has 0 saturated heterocycles. The lowest BCUT2D eigenvalue weighted by atomic mass is 10.2. The summed E-state index contributed by atoms with van der Waals surface area (Å²) >= 11 is 6.76. The molecule has 0 aliphatic heterocycles. The zero-order chi connectivity index (χ0) is 19.0. The third kappa shape index (κ3) is 6.24. The molecule has 0 amide bonds. The zero-order valence-electron chi connectivity index (χ0n) is 14.1. The summed E-state index contributed by atoms with van der Waals surface area (Å²) in [4.78, 5) is 4.30. The normalized spacial score (nSPS) is 12.2. The SMILES string of the molecule is CCNC(=NCc1ccccc1F)NCCNS(=O)(=O)c1ccc(Cl)s1. The fraction of sp³-hybridized carbons (Fsp3) is 0.312. The third-order valence-electron chi connectivity index (χ3n) is 3.23. The van der Waals surface area contributed by atoms with Crippen molar-refractivity contribution < 1.29 is 12.8 Å². The van der Waals surface area contributed by atoms with Gasteiger partial charge >= 0.3 is 0 Å². The second kappa shape index (κ2) is 9.86. The monoisotopic (exact) mass is 418 g/mol. The summed E-state index contributed by atoms with van der Waals surface area (Å²) in [5.74, 6) is 0.170. The predicted molar refractivity (Wildman–Crippen MR) is 104 cm³/mol. The van der Waals surface area contributed by atoms with Crippen LogP contribution in [0.2, 0.25) is 4.34 Å². The number of hydrogen-bond acceptors (Lipinski definition) is 4. The molecule has 2 rings (SSSR count). The number of rotatable bonds is 8. The van der Waals surface area contributed by atoms with E-state index in [0.717, 1.165) is 11.3 Å². The van der Waals surface area contributed by atoms with Crippen molar-refractivity contribution in [1.82, 2.24) is 15.4 Å². The largest absolute Gasteiger partial charge is 0.357 e. The highest BCUT2D eigenvalue weighted by molar-refractivity contribution is 7.91. The van der Waals surface area contributed by atoms with E-state index in [2.05, 4.69) is 20.3 Å². The molecule has 0 atom stereocenters. The Morgan fingerprint density at radius 2 is 1.96 bits per heavy atom. The maximum Gasteiger partial charge on any atom is 0.250 e. The molecule has 0 bridgehead atoms. The molecule has 6 nitrogen and oxygen atoms in total. The Morgan fingerprint density at radius 1 is 1.19 bits per heavy atom. The van der Waals surface area contributed by atoms with Gasteiger partial charge in [0.1, 0.15) is 10.0 Å². The second-order valence-corrected chi connectivity index (χ2v) is 8.88. The van der Waals surface area contributed by atoms with Crippen LogP contribution in [0.15, 0.2) is 45.6 Å². The molecule has 142 valence electrons. The Bertz CT molecular complexity index is 855. The maximum atomic E-state index is 13.6. The highest BCUT2D eigenvalue weighted by Crippen LogP contribution is 2.25. The number of aliphatic imine (C=N–C) groups is 1. The van der Waals surface area contributed by atoms with Crippen molar-refractivity contribution >= 4 is 38.9 Å². The van der Waals surface area contributed by atoms with Crippen molar-refractivity contribution in [3.63, 3.8) is 0 Å². The molecule has 0 aliphatic rings. The zero-order valence-corrected chi connectivity index (χ0v) is 16.5. The van der Waals surface area contributed by atoms with Crippen LogP contribution in [0.4, 0.5) is 4.39 Å². The average Bonchev–Trinajstić information content (AvgIpc) is 3.05. The van der Waals surface area contributed by atoms with Gasteiger partial charge in [-0.2, -0.15) is 0 Å². The molecule has 0 saturated carbocycles. The van der Waals surface area contributed by atoms with Gasteiger partial charge in [-0.1, -0.05) is 29.8 Å². The molecule has 0 aliphatic carbocycles. The van der Waals surface area contributed by atoms with Crippen LogP contribution in [0.5, 0.6) is 0 Å². The average molecular weight is 419 g/mol. The number of thiophene rings is 1. The van der Waals surface area contributed by atoms with E-state index in [0.29, 0.717) is 28.9 Å². The standard InChI is InChI=1S/C16H20ClFN4O2S2/c1-2-19-16(21-11-12-5-3-4-6-13(12)18)20-9-10-22-26(23,24)15-8-7-14(17)25-15/h3-8,22H,2,9-11H2,1H3,(H2,19,20,21). The van der Waals surface area contributed by atoms with Crippen molar-refractivity contribution in [3.8, 4) is 0 Å². The lowest BCUT2D eigenvalue weighted by molar-refractivity contribution is 0.582. The molecule has 1 aromatic heterocycles. The Kier molecular flexibility index (Phi) is 7.83. The van der Waals surface area contributed by atoms with Crippen LogP contribution < -0.4 is 15.4 Å². The number of sulfonamides is 1. The lowest BCUT2D eigenvalue weighted by Gasteiger charge is -2.12.